The molecule has 0 aromatic heterocycles. The Morgan fingerprint density at radius 3 is 2.65 bits per heavy atom. The second-order valence-electron chi connectivity index (χ2n) is 5.73. The van der Waals surface area contributed by atoms with Crippen LogP contribution in [0.5, 0.6) is 0 Å². The minimum atomic E-state index is -1.03. The largest absolute Gasteiger partial charge is 0.478 e. The fourth-order valence-electron chi connectivity index (χ4n) is 1.89. The first-order valence-electron chi connectivity index (χ1n) is 7.65. The number of carboxylic acids is 1. The Hall–Kier alpha value is -1.04. The minimum absolute atomic E-state index is 0.0975. The van der Waals surface area contributed by atoms with Crippen molar-refractivity contribution in [3.8, 4) is 0 Å². The number of carboxylic acid groups (broad SMARTS) is 1. The standard InChI is InChI=1S/C17H24ClNO3S/c1-11(2)14-8-13(9-15(16(14)18)17(20)21)19-10-23-7-5-6-22-12(3)4/h8-12H,5-7H2,1-4H3,(H,20,21). The van der Waals surface area contributed by atoms with Crippen LogP contribution in [0.1, 0.15) is 56.0 Å². The van der Waals surface area contributed by atoms with Crippen LogP contribution in [0.3, 0.4) is 0 Å². The number of aromatic carboxylic acids is 1. The number of hydrogen-bond donors (Lipinski definition) is 1. The number of carbonyl (C=O) groups is 1. The molecule has 128 valence electrons. The zero-order valence-corrected chi connectivity index (χ0v) is 15.6. The van der Waals surface area contributed by atoms with Crippen molar-refractivity contribution in [3.63, 3.8) is 0 Å². The zero-order chi connectivity index (χ0) is 17.4. The molecule has 0 heterocycles. The summed E-state index contributed by atoms with van der Waals surface area (Å²) in [7, 11) is 0. The lowest BCUT2D eigenvalue weighted by atomic mass is 9.99. The van der Waals surface area contributed by atoms with Crippen molar-refractivity contribution in [1.29, 1.82) is 0 Å². The molecule has 0 aliphatic heterocycles. The summed E-state index contributed by atoms with van der Waals surface area (Å²) >= 11 is 7.74. The third-order valence-corrected chi connectivity index (χ3v) is 4.27. The van der Waals surface area contributed by atoms with Crippen LogP contribution in [0.25, 0.3) is 0 Å². The molecular formula is C17H24ClNO3S. The number of thioether (sulfide) groups is 1. The van der Waals surface area contributed by atoms with Crippen molar-refractivity contribution < 1.29 is 14.6 Å². The summed E-state index contributed by atoms with van der Waals surface area (Å²) in [6.07, 6.45) is 1.21. The van der Waals surface area contributed by atoms with E-state index in [4.69, 9.17) is 16.3 Å². The predicted octanol–water partition coefficient (Wildman–Crippen LogP) is 5.37. The summed E-state index contributed by atoms with van der Waals surface area (Å²) in [4.78, 5) is 15.6. The van der Waals surface area contributed by atoms with Crippen molar-refractivity contribution in [3.05, 3.63) is 28.3 Å². The Bertz CT molecular complexity index is 559. The molecule has 0 saturated carbocycles. The second kappa shape index (κ2) is 9.96. The fraction of sp³-hybridized carbons (Fsp3) is 0.529. The number of aliphatic imine (C=N–C) groups is 1. The molecule has 0 radical (unpaired) electrons. The molecule has 23 heavy (non-hydrogen) atoms. The van der Waals surface area contributed by atoms with Crippen LogP contribution >= 0.6 is 23.4 Å². The summed E-state index contributed by atoms with van der Waals surface area (Å²) in [6.45, 7) is 8.72. The third kappa shape index (κ3) is 6.94. The van der Waals surface area contributed by atoms with E-state index in [1.165, 1.54) is 6.07 Å². The molecule has 1 aromatic rings. The van der Waals surface area contributed by atoms with Crippen molar-refractivity contribution in [2.24, 2.45) is 4.99 Å². The van der Waals surface area contributed by atoms with Crippen LogP contribution in [0.15, 0.2) is 17.1 Å². The third-order valence-electron chi connectivity index (χ3n) is 3.07. The maximum atomic E-state index is 11.3. The Morgan fingerprint density at radius 1 is 1.39 bits per heavy atom. The molecule has 0 unspecified atom stereocenters. The molecule has 6 heteroatoms. The van der Waals surface area contributed by atoms with E-state index in [9.17, 15) is 9.90 Å². The van der Waals surface area contributed by atoms with Crippen molar-refractivity contribution in [2.45, 2.75) is 46.1 Å². The van der Waals surface area contributed by atoms with Gasteiger partial charge in [0, 0.05) is 12.4 Å². The van der Waals surface area contributed by atoms with Crippen LogP contribution in [0.4, 0.5) is 5.69 Å². The highest BCUT2D eigenvalue weighted by Gasteiger charge is 2.16. The molecule has 0 spiro atoms. The highest BCUT2D eigenvalue weighted by atomic mass is 35.5. The Morgan fingerprint density at radius 2 is 2.09 bits per heavy atom. The van der Waals surface area contributed by atoms with Crippen LogP contribution in [-0.2, 0) is 4.74 Å². The summed E-state index contributed by atoms with van der Waals surface area (Å²) in [5.74, 6) is 0.0103. The van der Waals surface area contributed by atoms with Crippen LogP contribution < -0.4 is 0 Å². The van der Waals surface area contributed by atoms with E-state index in [-0.39, 0.29) is 17.6 Å². The molecule has 0 aliphatic carbocycles. The highest BCUT2D eigenvalue weighted by Crippen LogP contribution is 2.32. The maximum absolute atomic E-state index is 11.3. The first-order valence-corrected chi connectivity index (χ1v) is 9.08. The molecule has 0 saturated heterocycles. The Kier molecular flexibility index (Phi) is 8.66. The summed E-state index contributed by atoms with van der Waals surface area (Å²) in [6, 6.07) is 3.36. The van der Waals surface area contributed by atoms with E-state index in [0.29, 0.717) is 10.7 Å². The Labute approximate surface area is 147 Å². The topological polar surface area (TPSA) is 58.9 Å². The van der Waals surface area contributed by atoms with Crippen molar-refractivity contribution >= 4 is 40.6 Å². The van der Waals surface area contributed by atoms with Gasteiger partial charge in [0.2, 0.25) is 0 Å². The molecule has 1 N–H and O–H groups in total. The van der Waals surface area contributed by atoms with E-state index in [0.717, 1.165) is 24.3 Å². The van der Waals surface area contributed by atoms with E-state index in [2.05, 4.69) is 4.99 Å². The number of benzene rings is 1. The van der Waals surface area contributed by atoms with Gasteiger partial charge in [-0.25, -0.2) is 4.79 Å². The van der Waals surface area contributed by atoms with Gasteiger partial charge in [-0.1, -0.05) is 25.4 Å². The molecule has 0 fully saturated rings. The van der Waals surface area contributed by atoms with Crippen LogP contribution in [0.2, 0.25) is 5.02 Å². The van der Waals surface area contributed by atoms with Crippen molar-refractivity contribution in [2.75, 3.05) is 12.4 Å². The summed E-state index contributed by atoms with van der Waals surface area (Å²) < 4.78 is 5.47. The monoisotopic (exact) mass is 357 g/mol. The average Bonchev–Trinajstić information content (AvgIpc) is 2.46. The molecule has 0 aliphatic rings. The number of nitrogens with zero attached hydrogens (tertiary/aromatic N) is 1. The highest BCUT2D eigenvalue weighted by molar-refractivity contribution is 8.12. The van der Waals surface area contributed by atoms with Gasteiger partial charge in [-0.05, 0) is 43.9 Å². The first-order chi connectivity index (χ1) is 10.8. The molecule has 4 nitrogen and oxygen atoms in total. The van der Waals surface area contributed by atoms with Gasteiger partial charge in [0.15, 0.2) is 0 Å². The smallest absolute Gasteiger partial charge is 0.337 e. The molecule has 0 atom stereocenters. The van der Waals surface area contributed by atoms with Crippen molar-refractivity contribution in [1.82, 2.24) is 0 Å². The fourth-order valence-corrected chi connectivity index (χ4v) is 2.89. The van der Waals surface area contributed by atoms with Gasteiger partial charge in [-0.2, -0.15) is 0 Å². The van der Waals surface area contributed by atoms with Crippen LogP contribution in [-0.4, -0.2) is 35.1 Å². The number of halogens is 1. The van der Waals surface area contributed by atoms with Crippen LogP contribution in [0, 0.1) is 0 Å². The normalized spacial score (nSPS) is 11.8. The molecule has 1 rings (SSSR count). The summed E-state index contributed by atoms with van der Waals surface area (Å²) in [5.41, 5.74) is 3.25. The lowest BCUT2D eigenvalue weighted by molar-refractivity contribution is 0.0697. The van der Waals surface area contributed by atoms with Gasteiger partial charge < -0.3 is 9.84 Å². The van der Waals surface area contributed by atoms with Gasteiger partial charge in [-0.3, -0.25) is 4.99 Å². The minimum Gasteiger partial charge on any atom is -0.478 e. The lowest BCUT2D eigenvalue weighted by Gasteiger charge is -2.11. The lowest BCUT2D eigenvalue weighted by Crippen LogP contribution is -2.04. The van der Waals surface area contributed by atoms with Gasteiger partial charge in [0.25, 0.3) is 0 Å². The molecule has 1 aromatic carbocycles. The van der Waals surface area contributed by atoms with E-state index in [1.807, 2.05) is 33.8 Å². The van der Waals surface area contributed by atoms with E-state index < -0.39 is 5.97 Å². The first kappa shape index (κ1) is 20.0. The zero-order valence-electron chi connectivity index (χ0n) is 14.0. The molecule has 0 amide bonds. The van der Waals surface area contributed by atoms with Gasteiger partial charge >= 0.3 is 5.97 Å². The van der Waals surface area contributed by atoms with Gasteiger partial charge in [-0.15, -0.1) is 11.8 Å². The SMILES string of the molecule is CC(C)OCCCSC=Nc1cc(C(=O)O)c(Cl)c(C(C)C)c1. The summed E-state index contributed by atoms with van der Waals surface area (Å²) in [5, 5.41) is 9.55. The van der Waals surface area contributed by atoms with E-state index >= 15 is 0 Å². The molecular weight excluding hydrogens is 334 g/mol. The quantitative estimate of drug-likeness (QED) is 0.366. The number of ether oxygens (including phenoxy) is 1. The second-order valence-corrected chi connectivity index (χ2v) is 7.07. The van der Waals surface area contributed by atoms with Gasteiger partial charge in [0.1, 0.15) is 0 Å². The number of hydrogen-bond acceptors (Lipinski definition) is 4. The van der Waals surface area contributed by atoms with E-state index in [1.54, 1.807) is 17.3 Å². The predicted molar refractivity (Wildman–Crippen MR) is 98.8 cm³/mol. The average molecular weight is 358 g/mol. The maximum Gasteiger partial charge on any atom is 0.337 e. The molecule has 0 bridgehead atoms. The van der Waals surface area contributed by atoms with Gasteiger partial charge in [0.05, 0.1) is 27.9 Å². The Balaban J connectivity index is 2.69. The number of rotatable bonds is 9.